The van der Waals surface area contributed by atoms with Crippen LogP contribution in [0.25, 0.3) is 0 Å². The van der Waals surface area contributed by atoms with Gasteiger partial charge >= 0.3 is 0 Å². The van der Waals surface area contributed by atoms with Crippen molar-refractivity contribution in [3.63, 3.8) is 0 Å². The van der Waals surface area contributed by atoms with Crippen LogP contribution in [0.5, 0.6) is 5.75 Å². The molecule has 7 heteroatoms. The second-order valence-corrected chi connectivity index (χ2v) is 10.3. The van der Waals surface area contributed by atoms with Crippen molar-refractivity contribution >= 4 is 5.91 Å². The Labute approximate surface area is 207 Å². The molecular weight excluding hydrogens is 442 g/mol. The van der Waals surface area contributed by atoms with Crippen LogP contribution in [0.15, 0.2) is 42.5 Å². The zero-order chi connectivity index (χ0) is 24.2. The molecule has 1 fully saturated rings. The Balaban J connectivity index is 1.18. The molecule has 0 aliphatic carbocycles. The summed E-state index contributed by atoms with van der Waals surface area (Å²) in [4.78, 5) is 19.7. The highest BCUT2D eigenvalue weighted by Crippen LogP contribution is 2.27. The second-order valence-electron chi connectivity index (χ2n) is 10.3. The van der Waals surface area contributed by atoms with E-state index in [0.717, 1.165) is 57.5 Å². The number of fused-ring (bicyclic) bond motifs is 2. The molecule has 0 bridgehead atoms. The van der Waals surface area contributed by atoms with Gasteiger partial charge in [-0.2, -0.15) is 0 Å². The van der Waals surface area contributed by atoms with Crippen LogP contribution in [0.1, 0.15) is 39.9 Å². The lowest BCUT2D eigenvalue weighted by Crippen LogP contribution is -2.44. The number of likely N-dealkylation sites (tertiary alicyclic amines) is 1. The highest BCUT2D eigenvalue weighted by atomic mass is 16.5. The SMILES string of the molecule is O=C1c2ccc(CN3CCCC(CO)C3)cc2OCCN1CC(O)CN1CCc2ccccc2C1. The van der Waals surface area contributed by atoms with E-state index in [0.29, 0.717) is 43.5 Å². The average molecular weight is 480 g/mol. The lowest BCUT2D eigenvalue weighted by Gasteiger charge is -2.32. The van der Waals surface area contributed by atoms with E-state index in [1.165, 1.54) is 11.1 Å². The maximum absolute atomic E-state index is 13.3. The van der Waals surface area contributed by atoms with E-state index in [9.17, 15) is 15.0 Å². The zero-order valence-corrected chi connectivity index (χ0v) is 20.4. The summed E-state index contributed by atoms with van der Waals surface area (Å²) in [5, 5.41) is 20.3. The van der Waals surface area contributed by atoms with E-state index in [4.69, 9.17) is 4.74 Å². The largest absolute Gasteiger partial charge is 0.491 e. The maximum Gasteiger partial charge on any atom is 0.257 e. The summed E-state index contributed by atoms with van der Waals surface area (Å²) >= 11 is 0. The number of carbonyl (C=O) groups excluding carboxylic acids is 1. The number of amides is 1. The normalized spacial score (nSPS) is 22.2. The second kappa shape index (κ2) is 11.1. The summed E-state index contributed by atoms with van der Waals surface area (Å²) in [6, 6.07) is 14.3. The summed E-state index contributed by atoms with van der Waals surface area (Å²) in [6.07, 6.45) is 2.57. The Kier molecular flexibility index (Phi) is 7.68. The van der Waals surface area contributed by atoms with Crippen molar-refractivity contribution in [2.24, 2.45) is 5.92 Å². The molecule has 3 aliphatic rings. The molecule has 188 valence electrons. The zero-order valence-electron chi connectivity index (χ0n) is 20.4. The number of piperidine rings is 1. The van der Waals surface area contributed by atoms with E-state index in [2.05, 4.69) is 34.1 Å². The molecule has 3 heterocycles. The summed E-state index contributed by atoms with van der Waals surface area (Å²) in [5.74, 6) is 0.903. The number of aliphatic hydroxyl groups excluding tert-OH is 2. The fraction of sp³-hybridized carbons (Fsp3) is 0.536. The van der Waals surface area contributed by atoms with E-state index in [1.54, 1.807) is 4.90 Å². The van der Waals surface area contributed by atoms with Crippen LogP contribution >= 0.6 is 0 Å². The molecular formula is C28H37N3O4. The van der Waals surface area contributed by atoms with Gasteiger partial charge in [0.25, 0.3) is 5.91 Å². The first kappa shape index (κ1) is 24.3. The molecule has 0 aromatic heterocycles. The van der Waals surface area contributed by atoms with Crippen LogP contribution in [0, 0.1) is 5.92 Å². The van der Waals surface area contributed by atoms with Gasteiger partial charge in [0.1, 0.15) is 12.4 Å². The molecule has 1 amide bonds. The minimum absolute atomic E-state index is 0.0783. The predicted molar refractivity (Wildman–Crippen MR) is 134 cm³/mol. The number of hydrogen-bond donors (Lipinski definition) is 2. The molecule has 0 radical (unpaired) electrons. The topological polar surface area (TPSA) is 76.5 Å². The van der Waals surface area contributed by atoms with Crippen LogP contribution < -0.4 is 4.74 Å². The van der Waals surface area contributed by atoms with Gasteiger partial charge in [-0.1, -0.05) is 30.3 Å². The minimum atomic E-state index is -0.608. The van der Waals surface area contributed by atoms with E-state index < -0.39 is 6.10 Å². The third kappa shape index (κ3) is 5.86. The Bertz CT molecular complexity index is 1030. The van der Waals surface area contributed by atoms with Gasteiger partial charge in [0.15, 0.2) is 0 Å². The number of rotatable bonds is 7. The van der Waals surface area contributed by atoms with Crippen LogP contribution in [0.2, 0.25) is 0 Å². The average Bonchev–Trinajstić information content (AvgIpc) is 3.02. The Morgan fingerprint density at radius 2 is 1.89 bits per heavy atom. The lowest BCUT2D eigenvalue weighted by atomic mass is 9.98. The first-order chi connectivity index (χ1) is 17.1. The fourth-order valence-electron chi connectivity index (χ4n) is 5.70. The number of aliphatic hydroxyl groups is 2. The number of hydrogen-bond acceptors (Lipinski definition) is 6. The summed E-state index contributed by atoms with van der Waals surface area (Å²) in [7, 11) is 0. The number of benzene rings is 2. The summed E-state index contributed by atoms with van der Waals surface area (Å²) < 4.78 is 5.98. The molecule has 2 aromatic rings. The first-order valence-corrected chi connectivity index (χ1v) is 12.9. The van der Waals surface area contributed by atoms with Crippen molar-refractivity contribution in [1.29, 1.82) is 0 Å². The van der Waals surface area contributed by atoms with Gasteiger partial charge in [-0.3, -0.25) is 14.6 Å². The molecule has 2 N–H and O–H groups in total. The fourth-order valence-corrected chi connectivity index (χ4v) is 5.70. The number of β-amino-alcohol motifs (C(OH)–C–C–N with tert-alkyl or cyclic N) is 1. The summed E-state index contributed by atoms with van der Waals surface area (Å²) in [6.45, 7) is 6.47. The van der Waals surface area contributed by atoms with Gasteiger partial charge < -0.3 is 19.8 Å². The Morgan fingerprint density at radius 1 is 1.03 bits per heavy atom. The standard InChI is InChI=1S/C28H37N3O4/c32-20-22-4-3-10-29(16-22)15-21-7-8-26-27(14-21)35-13-12-31(28(26)34)19-25(33)18-30-11-9-23-5-1-2-6-24(23)17-30/h1-2,5-8,14,22,25,32-33H,3-4,9-13,15-20H2. The molecule has 1 saturated heterocycles. The number of nitrogens with zero attached hydrogens (tertiary/aromatic N) is 3. The molecule has 3 aliphatic heterocycles. The van der Waals surface area contributed by atoms with Gasteiger partial charge in [-0.05, 0) is 60.5 Å². The number of ether oxygens (including phenoxy) is 1. The maximum atomic E-state index is 13.3. The molecule has 0 saturated carbocycles. The molecule has 2 aromatic carbocycles. The lowest BCUT2D eigenvalue weighted by molar-refractivity contribution is 0.0501. The highest BCUT2D eigenvalue weighted by molar-refractivity contribution is 5.97. The molecule has 2 atom stereocenters. The highest BCUT2D eigenvalue weighted by Gasteiger charge is 2.27. The smallest absolute Gasteiger partial charge is 0.257 e. The third-order valence-electron chi connectivity index (χ3n) is 7.56. The molecule has 5 rings (SSSR count). The predicted octanol–water partition coefficient (Wildman–Crippen LogP) is 2.14. The third-order valence-corrected chi connectivity index (χ3v) is 7.56. The van der Waals surface area contributed by atoms with Crippen molar-refractivity contribution in [3.8, 4) is 5.75 Å². The van der Waals surface area contributed by atoms with Gasteiger partial charge in [-0.15, -0.1) is 0 Å². The molecule has 35 heavy (non-hydrogen) atoms. The molecule has 2 unspecified atom stereocenters. The van der Waals surface area contributed by atoms with Crippen LogP contribution in [-0.2, 0) is 19.5 Å². The van der Waals surface area contributed by atoms with E-state index >= 15 is 0 Å². The van der Waals surface area contributed by atoms with Gasteiger partial charge in [0, 0.05) is 45.9 Å². The Morgan fingerprint density at radius 3 is 2.74 bits per heavy atom. The van der Waals surface area contributed by atoms with Crippen molar-refractivity contribution in [2.75, 3.05) is 52.5 Å². The Hall–Kier alpha value is -2.45. The van der Waals surface area contributed by atoms with Crippen molar-refractivity contribution in [2.45, 2.75) is 38.5 Å². The first-order valence-electron chi connectivity index (χ1n) is 12.9. The monoisotopic (exact) mass is 479 g/mol. The van der Waals surface area contributed by atoms with E-state index in [-0.39, 0.29) is 12.5 Å². The van der Waals surface area contributed by atoms with Crippen molar-refractivity contribution in [1.82, 2.24) is 14.7 Å². The molecule has 0 spiro atoms. The van der Waals surface area contributed by atoms with Crippen LogP contribution in [0.4, 0.5) is 0 Å². The van der Waals surface area contributed by atoms with E-state index in [1.807, 2.05) is 18.2 Å². The van der Waals surface area contributed by atoms with Gasteiger partial charge in [-0.25, -0.2) is 0 Å². The van der Waals surface area contributed by atoms with Crippen LogP contribution in [-0.4, -0.2) is 89.4 Å². The summed E-state index contributed by atoms with van der Waals surface area (Å²) in [5.41, 5.74) is 4.40. The molecule has 7 nitrogen and oxygen atoms in total. The van der Waals surface area contributed by atoms with Crippen molar-refractivity contribution < 1.29 is 19.7 Å². The number of carbonyl (C=O) groups is 1. The quantitative estimate of drug-likeness (QED) is 0.634. The van der Waals surface area contributed by atoms with Gasteiger partial charge in [0.2, 0.25) is 0 Å². The van der Waals surface area contributed by atoms with Crippen molar-refractivity contribution in [3.05, 3.63) is 64.7 Å². The van der Waals surface area contributed by atoms with Crippen LogP contribution in [0.3, 0.4) is 0 Å². The van der Waals surface area contributed by atoms with Gasteiger partial charge in [0.05, 0.1) is 18.2 Å². The minimum Gasteiger partial charge on any atom is -0.491 e.